The second kappa shape index (κ2) is 8.78. The smallest absolute Gasteiger partial charge is 0.228 e. The first-order valence-corrected chi connectivity index (χ1v) is 11.1. The van der Waals surface area contributed by atoms with Gasteiger partial charge in [-0.3, -0.25) is 4.79 Å². The molecule has 0 aliphatic carbocycles. The van der Waals surface area contributed by atoms with E-state index in [9.17, 15) is 17.6 Å². The normalized spacial score (nSPS) is 18.0. The first kappa shape index (κ1) is 21.0. The van der Waals surface area contributed by atoms with Gasteiger partial charge < -0.3 is 5.32 Å². The van der Waals surface area contributed by atoms with Gasteiger partial charge in [0.2, 0.25) is 15.9 Å². The summed E-state index contributed by atoms with van der Waals surface area (Å²) in [6, 6.07) is 10.5. The molecule has 1 aliphatic rings. The lowest BCUT2D eigenvalue weighted by Crippen LogP contribution is -2.44. The zero-order valence-electron chi connectivity index (χ0n) is 14.9. The summed E-state index contributed by atoms with van der Waals surface area (Å²) in [5, 5.41) is 3.25. The molecular weight excluding hydrogens is 426 g/mol. The number of carbonyl (C=O) groups is 1. The molecule has 0 spiro atoms. The predicted molar refractivity (Wildman–Crippen MR) is 108 cm³/mol. The van der Waals surface area contributed by atoms with E-state index < -0.39 is 27.7 Å². The van der Waals surface area contributed by atoms with E-state index >= 15 is 0 Å². The summed E-state index contributed by atoms with van der Waals surface area (Å²) in [5.41, 5.74) is 0.532. The molecule has 0 radical (unpaired) electrons. The van der Waals surface area contributed by atoms with Crippen molar-refractivity contribution in [3.05, 3.63) is 63.9 Å². The van der Waals surface area contributed by atoms with Gasteiger partial charge >= 0.3 is 0 Å². The van der Waals surface area contributed by atoms with Crippen LogP contribution in [-0.4, -0.2) is 31.7 Å². The monoisotopic (exact) mass is 444 g/mol. The zero-order chi connectivity index (χ0) is 20.3. The summed E-state index contributed by atoms with van der Waals surface area (Å²) in [4.78, 5) is 12.5. The second-order valence-corrected chi connectivity index (χ2v) is 9.47. The number of nitrogens with zero attached hydrogens (tertiary/aromatic N) is 1. The molecule has 9 heteroatoms. The van der Waals surface area contributed by atoms with Crippen LogP contribution in [0, 0.1) is 11.7 Å². The van der Waals surface area contributed by atoms with Gasteiger partial charge in [-0.15, -0.1) is 0 Å². The number of benzene rings is 2. The van der Waals surface area contributed by atoms with Crippen LogP contribution in [0.5, 0.6) is 0 Å². The molecule has 1 unspecified atom stereocenters. The van der Waals surface area contributed by atoms with E-state index in [-0.39, 0.29) is 23.0 Å². The average Bonchev–Trinajstić information content (AvgIpc) is 2.66. The molecule has 1 heterocycles. The first-order chi connectivity index (χ1) is 13.3. The largest absolute Gasteiger partial charge is 0.323 e. The first-order valence-electron chi connectivity index (χ1n) is 8.73. The number of anilines is 1. The molecule has 0 saturated carbocycles. The molecule has 1 N–H and O–H groups in total. The molecule has 28 heavy (non-hydrogen) atoms. The fourth-order valence-corrected chi connectivity index (χ4v) is 5.33. The van der Waals surface area contributed by atoms with E-state index in [1.807, 2.05) is 0 Å². The van der Waals surface area contributed by atoms with Gasteiger partial charge in [-0.25, -0.2) is 17.1 Å². The highest BCUT2D eigenvalue weighted by Gasteiger charge is 2.33. The van der Waals surface area contributed by atoms with Crippen LogP contribution in [0.1, 0.15) is 18.4 Å². The molecule has 3 rings (SSSR count). The van der Waals surface area contributed by atoms with Crippen molar-refractivity contribution >= 4 is 44.8 Å². The Morgan fingerprint density at radius 3 is 2.68 bits per heavy atom. The van der Waals surface area contributed by atoms with Crippen molar-refractivity contribution in [1.82, 2.24) is 4.31 Å². The number of hydrogen-bond donors (Lipinski definition) is 1. The van der Waals surface area contributed by atoms with Gasteiger partial charge in [0, 0.05) is 23.1 Å². The van der Waals surface area contributed by atoms with E-state index in [2.05, 4.69) is 5.32 Å². The fourth-order valence-electron chi connectivity index (χ4n) is 3.13. The lowest BCUT2D eigenvalue weighted by atomic mass is 9.98. The van der Waals surface area contributed by atoms with Crippen LogP contribution in [0.3, 0.4) is 0 Å². The maximum atomic E-state index is 13.7. The van der Waals surface area contributed by atoms with E-state index in [4.69, 9.17) is 23.2 Å². The Bertz CT molecular complexity index is 985. The van der Waals surface area contributed by atoms with Gasteiger partial charge in [0.15, 0.2) is 0 Å². The van der Waals surface area contributed by atoms with Crippen molar-refractivity contribution in [2.24, 2.45) is 5.92 Å². The van der Waals surface area contributed by atoms with Gasteiger partial charge in [0.1, 0.15) is 5.82 Å². The maximum absolute atomic E-state index is 13.7. The fraction of sp³-hybridized carbons (Fsp3) is 0.316. The van der Waals surface area contributed by atoms with E-state index in [1.54, 1.807) is 18.2 Å². The number of para-hydroxylation sites is 1. The number of piperidine rings is 1. The van der Waals surface area contributed by atoms with E-state index in [0.717, 1.165) is 0 Å². The summed E-state index contributed by atoms with van der Waals surface area (Å²) in [6.07, 6.45) is 1.08. The standard InChI is InChI=1S/C19H19Cl2FN2O3S/c20-15-8-7-14(16(21)10-15)12-28(26,27)24-9-3-4-13(11-24)19(25)23-18-6-2-1-5-17(18)22/h1-2,5-8,10,13H,3-4,9,11-12H2,(H,23,25). The lowest BCUT2D eigenvalue weighted by molar-refractivity contribution is -0.120. The molecule has 2 aromatic carbocycles. The highest BCUT2D eigenvalue weighted by molar-refractivity contribution is 7.88. The number of hydrogen-bond acceptors (Lipinski definition) is 3. The Labute approximate surface area is 173 Å². The minimum atomic E-state index is -3.67. The summed E-state index contributed by atoms with van der Waals surface area (Å²) >= 11 is 11.9. The van der Waals surface area contributed by atoms with Gasteiger partial charge in [-0.1, -0.05) is 41.4 Å². The van der Waals surface area contributed by atoms with Crippen LogP contribution in [-0.2, 0) is 20.6 Å². The van der Waals surface area contributed by atoms with Crippen molar-refractivity contribution in [3.63, 3.8) is 0 Å². The number of nitrogens with one attached hydrogen (secondary N) is 1. The van der Waals surface area contributed by atoms with E-state index in [0.29, 0.717) is 30.0 Å². The summed E-state index contributed by atoms with van der Waals surface area (Å²) < 4.78 is 40.7. The van der Waals surface area contributed by atoms with Crippen molar-refractivity contribution < 1.29 is 17.6 Å². The summed E-state index contributed by atoms with van der Waals surface area (Å²) in [6.45, 7) is 0.380. The highest BCUT2D eigenvalue weighted by atomic mass is 35.5. The van der Waals surface area contributed by atoms with Crippen molar-refractivity contribution in [3.8, 4) is 0 Å². The third-order valence-electron chi connectivity index (χ3n) is 4.63. The Balaban J connectivity index is 1.69. The third kappa shape index (κ3) is 5.03. The number of amides is 1. The number of halogens is 3. The average molecular weight is 445 g/mol. The number of carbonyl (C=O) groups excluding carboxylic acids is 1. The number of sulfonamides is 1. The molecule has 5 nitrogen and oxygen atoms in total. The molecule has 1 amide bonds. The SMILES string of the molecule is O=C(Nc1ccccc1F)C1CCCN(S(=O)(=O)Cc2ccc(Cl)cc2Cl)C1. The van der Waals surface area contributed by atoms with Crippen LogP contribution in [0.4, 0.5) is 10.1 Å². The van der Waals surface area contributed by atoms with Crippen LogP contribution < -0.4 is 5.32 Å². The van der Waals surface area contributed by atoms with Crippen LogP contribution in [0.15, 0.2) is 42.5 Å². The Morgan fingerprint density at radius 2 is 1.96 bits per heavy atom. The number of rotatable bonds is 5. The van der Waals surface area contributed by atoms with Gasteiger partial charge in [-0.05, 0) is 42.7 Å². The van der Waals surface area contributed by atoms with Gasteiger partial charge in [0.05, 0.1) is 17.4 Å². The Morgan fingerprint density at radius 1 is 1.21 bits per heavy atom. The molecule has 1 atom stereocenters. The van der Waals surface area contributed by atoms with Crippen LogP contribution in [0.25, 0.3) is 0 Å². The minimum Gasteiger partial charge on any atom is -0.323 e. The predicted octanol–water partition coefficient (Wildman–Crippen LogP) is 4.31. The van der Waals surface area contributed by atoms with Gasteiger partial charge in [-0.2, -0.15) is 0 Å². The maximum Gasteiger partial charge on any atom is 0.228 e. The minimum absolute atomic E-state index is 0.0494. The molecular formula is C19H19Cl2FN2O3S. The van der Waals surface area contributed by atoms with Crippen LogP contribution in [0.2, 0.25) is 10.0 Å². The zero-order valence-corrected chi connectivity index (χ0v) is 17.2. The molecule has 2 aromatic rings. The molecule has 0 bridgehead atoms. The molecule has 150 valence electrons. The third-order valence-corrected chi connectivity index (χ3v) is 7.01. The highest BCUT2D eigenvalue weighted by Crippen LogP contribution is 2.27. The molecule has 0 aromatic heterocycles. The topological polar surface area (TPSA) is 66.5 Å². The molecule has 1 fully saturated rings. The van der Waals surface area contributed by atoms with Crippen LogP contribution >= 0.6 is 23.2 Å². The molecule has 1 aliphatic heterocycles. The van der Waals surface area contributed by atoms with Crippen molar-refractivity contribution in [2.75, 3.05) is 18.4 Å². The summed E-state index contributed by atoms with van der Waals surface area (Å²) in [5.74, 6) is -1.75. The van der Waals surface area contributed by atoms with Crippen molar-refractivity contribution in [1.29, 1.82) is 0 Å². The lowest BCUT2D eigenvalue weighted by Gasteiger charge is -2.31. The van der Waals surface area contributed by atoms with E-state index in [1.165, 1.54) is 28.6 Å². The molecule has 1 saturated heterocycles. The Kier molecular flexibility index (Phi) is 6.60. The van der Waals surface area contributed by atoms with Gasteiger partial charge in [0.25, 0.3) is 0 Å². The second-order valence-electron chi connectivity index (χ2n) is 6.66. The quantitative estimate of drug-likeness (QED) is 0.746. The summed E-state index contributed by atoms with van der Waals surface area (Å²) in [7, 11) is -3.67. The Hall–Kier alpha value is -1.67. The van der Waals surface area contributed by atoms with Crippen molar-refractivity contribution in [2.45, 2.75) is 18.6 Å².